The van der Waals surface area contributed by atoms with E-state index in [1.54, 1.807) is 59.3 Å². The number of aromatic hydroxyl groups is 2. The largest absolute Gasteiger partial charge is 0.507 e. The predicted octanol–water partition coefficient (Wildman–Crippen LogP) is 3.94. The zero-order valence-electron chi connectivity index (χ0n) is 14.8. The summed E-state index contributed by atoms with van der Waals surface area (Å²) in [6, 6.07) is 23.1. The summed E-state index contributed by atoms with van der Waals surface area (Å²) < 4.78 is 1.68. The third-order valence-corrected chi connectivity index (χ3v) is 4.38. The molecule has 3 aromatic carbocycles. The Morgan fingerprint density at radius 3 is 2.04 bits per heavy atom. The quantitative estimate of drug-likeness (QED) is 0.569. The van der Waals surface area contributed by atoms with Crippen molar-refractivity contribution >= 4 is 0 Å². The van der Waals surface area contributed by atoms with Crippen LogP contribution in [0.5, 0.6) is 11.5 Å². The standard InChI is InChI=1S/C22H16N4O2/c23-13-15-9-11-16(12-10-15)14-26-22(18-6-2-4-8-20(18)28)24-21(25-26)17-5-1-3-7-19(17)27/h1-12,27-28H,14H2. The second kappa shape index (κ2) is 7.25. The van der Waals surface area contributed by atoms with Gasteiger partial charge in [0.05, 0.1) is 29.3 Å². The zero-order valence-corrected chi connectivity index (χ0v) is 14.8. The van der Waals surface area contributed by atoms with Crippen molar-refractivity contribution in [3.63, 3.8) is 0 Å². The first-order valence-corrected chi connectivity index (χ1v) is 8.66. The van der Waals surface area contributed by atoms with Crippen LogP contribution in [0.2, 0.25) is 0 Å². The van der Waals surface area contributed by atoms with Crippen LogP contribution in [0.15, 0.2) is 72.8 Å². The minimum atomic E-state index is 0.0851. The van der Waals surface area contributed by atoms with Crippen LogP contribution in [0.4, 0.5) is 0 Å². The highest BCUT2D eigenvalue weighted by Gasteiger charge is 2.18. The second-order valence-electron chi connectivity index (χ2n) is 6.26. The Hall–Kier alpha value is -4.11. The molecule has 0 saturated heterocycles. The molecule has 0 spiro atoms. The Morgan fingerprint density at radius 2 is 1.43 bits per heavy atom. The number of benzene rings is 3. The van der Waals surface area contributed by atoms with Gasteiger partial charge in [-0.1, -0.05) is 36.4 Å². The first kappa shape index (κ1) is 17.3. The zero-order chi connectivity index (χ0) is 19.5. The van der Waals surface area contributed by atoms with Crippen LogP contribution in [-0.4, -0.2) is 25.0 Å². The van der Waals surface area contributed by atoms with E-state index in [1.165, 1.54) is 0 Å². The van der Waals surface area contributed by atoms with Gasteiger partial charge in [-0.15, -0.1) is 5.10 Å². The molecular formula is C22H16N4O2. The molecule has 0 unspecified atom stereocenters. The van der Waals surface area contributed by atoms with Crippen molar-refractivity contribution in [3.8, 4) is 40.3 Å². The summed E-state index contributed by atoms with van der Waals surface area (Å²) in [5.41, 5.74) is 2.57. The van der Waals surface area contributed by atoms with Crippen LogP contribution in [0.1, 0.15) is 11.1 Å². The number of aromatic nitrogens is 3. The number of hydrogen-bond donors (Lipinski definition) is 2. The molecule has 0 atom stereocenters. The maximum atomic E-state index is 10.3. The maximum Gasteiger partial charge on any atom is 0.185 e. The molecule has 0 radical (unpaired) electrons. The Morgan fingerprint density at radius 1 is 0.821 bits per heavy atom. The Balaban J connectivity index is 1.82. The average Bonchev–Trinajstić information content (AvgIpc) is 3.12. The number of para-hydroxylation sites is 2. The van der Waals surface area contributed by atoms with Gasteiger partial charge in [-0.25, -0.2) is 9.67 Å². The minimum absolute atomic E-state index is 0.0851. The lowest BCUT2D eigenvalue weighted by molar-refractivity contribution is 0.476. The van der Waals surface area contributed by atoms with Crippen LogP contribution >= 0.6 is 0 Å². The third kappa shape index (κ3) is 3.29. The lowest BCUT2D eigenvalue weighted by Crippen LogP contribution is -2.04. The van der Waals surface area contributed by atoms with Crippen LogP contribution in [0.3, 0.4) is 0 Å². The number of phenols is 2. The molecule has 0 aliphatic rings. The fraction of sp³-hybridized carbons (Fsp3) is 0.0455. The van der Waals surface area contributed by atoms with Crippen LogP contribution in [0.25, 0.3) is 22.8 Å². The van der Waals surface area contributed by atoms with E-state index >= 15 is 0 Å². The highest BCUT2D eigenvalue weighted by Crippen LogP contribution is 2.32. The van der Waals surface area contributed by atoms with Crippen molar-refractivity contribution in [2.75, 3.05) is 0 Å². The fourth-order valence-electron chi connectivity index (χ4n) is 2.95. The SMILES string of the molecule is N#Cc1ccc(Cn2nc(-c3ccccc3O)nc2-c2ccccc2O)cc1. The van der Waals surface area contributed by atoms with Crippen molar-refractivity contribution in [2.24, 2.45) is 0 Å². The van der Waals surface area contributed by atoms with Gasteiger partial charge in [0.15, 0.2) is 11.6 Å². The lowest BCUT2D eigenvalue weighted by Gasteiger charge is -2.07. The number of rotatable bonds is 4. The molecule has 0 amide bonds. The molecule has 1 aromatic heterocycles. The Labute approximate surface area is 161 Å². The molecule has 0 fully saturated rings. The highest BCUT2D eigenvalue weighted by atomic mass is 16.3. The molecule has 2 N–H and O–H groups in total. The van der Waals surface area contributed by atoms with E-state index in [-0.39, 0.29) is 11.5 Å². The Kier molecular flexibility index (Phi) is 4.48. The monoisotopic (exact) mass is 368 g/mol. The number of nitrogens with zero attached hydrogens (tertiary/aromatic N) is 4. The van der Waals surface area contributed by atoms with Gasteiger partial charge < -0.3 is 10.2 Å². The minimum Gasteiger partial charge on any atom is -0.507 e. The van der Waals surface area contributed by atoms with Crippen molar-refractivity contribution < 1.29 is 10.2 Å². The van der Waals surface area contributed by atoms with Crippen molar-refractivity contribution in [1.29, 1.82) is 5.26 Å². The maximum absolute atomic E-state index is 10.3. The molecular weight excluding hydrogens is 352 g/mol. The summed E-state index contributed by atoms with van der Waals surface area (Å²) in [6.07, 6.45) is 0. The smallest absolute Gasteiger partial charge is 0.185 e. The van der Waals surface area contributed by atoms with Gasteiger partial charge in [0.2, 0.25) is 0 Å². The number of hydrogen-bond acceptors (Lipinski definition) is 5. The van der Waals surface area contributed by atoms with Crippen LogP contribution < -0.4 is 0 Å². The molecule has 4 aromatic rings. The lowest BCUT2D eigenvalue weighted by atomic mass is 10.1. The summed E-state index contributed by atoms with van der Waals surface area (Å²) in [7, 11) is 0. The first-order chi connectivity index (χ1) is 13.7. The number of phenolic OH excluding ortho intramolecular Hbond substituents is 2. The van der Waals surface area contributed by atoms with Crippen molar-refractivity contribution in [3.05, 3.63) is 83.9 Å². The molecule has 0 aliphatic carbocycles. The summed E-state index contributed by atoms with van der Waals surface area (Å²) in [6.45, 7) is 0.399. The van der Waals surface area contributed by atoms with E-state index in [0.717, 1.165) is 5.56 Å². The van der Waals surface area contributed by atoms with Gasteiger partial charge in [-0.3, -0.25) is 0 Å². The summed E-state index contributed by atoms with van der Waals surface area (Å²) >= 11 is 0. The summed E-state index contributed by atoms with van der Waals surface area (Å²) in [4.78, 5) is 4.58. The van der Waals surface area contributed by atoms with E-state index in [4.69, 9.17) is 5.26 Å². The van der Waals surface area contributed by atoms with Crippen LogP contribution in [-0.2, 0) is 6.54 Å². The van der Waals surface area contributed by atoms with E-state index < -0.39 is 0 Å². The molecule has 136 valence electrons. The fourth-order valence-corrected chi connectivity index (χ4v) is 2.95. The molecule has 4 rings (SSSR count). The van der Waals surface area contributed by atoms with Gasteiger partial charge >= 0.3 is 0 Å². The normalized spacial score (nSPS) is 10.5. The van der Waals surface area contributed by atoms with Crippen LogP contribution in [0, 0.1) is 11.3 Å². The first-order valence-electron chi connectivity index (χ1n) is 8.66. The third-order valence-electron chi connectivity index (χ3n) is 4.38. The number of nitriles is 1. The molecule has 1 heterocycles. The molecule has 6 nitrogen and oxygen atoms in total. The van der Waals surface area contributed by atoms with Gasteiger partial charge in [0.1, 0.15) is 11.5 Å². The molecule has 6 heteroatoms. The van der Waals surface area contributed by atoms with Gasteiger partial charge in [-0.2, -0.15) is 5.26 Å². The molecule has 0 bridgehead atoms. The molecule has 0 aliphatic heterocycles. The van der Waals surface area contributed by atoms with Gasteiger partial charge in [-0.05, 0) is 42.0 Å². The highest BCUT2D eigenvalue weighted by molar-refractivity contribution is 5.69. The van der Waals surface area contributed by atoms with E-state index in [1.807, 2.05) is 18.2 Å². The van der Waals surface area contributed by atoms with E-state index in [0.29, 0.717) is 34.9 Å². The van der Waals surface area contributed by atoms with Gasteiger partial charge in [0.25, 0.3) is 0 Å². The second-order valence-corrected chi connectivity index (χ2v) is 6.26. The predicted molar refractivity (Wildman–Crippen MR) is 104 cm³/mol. The van der Waals surface area contributed by atoms with Gasteiger partial charge in [0, 0.05) is 0 Å². The van der Waals surface area contributed by atoms with Crippen molar-refractivity contribution in [2.45, 2.75) is 6.54 Å². The van der Waals surface area contributed by atoms with E-state index in [2.05, 4.69) is 16.2 Å². The summed E-state index contributed by atoms with van der Waals surface area (Å²) in [5, 5.41) is 34.0. The van der Waals surface area contributed by atoms with Crippen molar-refractivity contribution in [1.82, 2.24) is 14.8 Å². The average molecular weight is 368 g/mol. The van der Waals surface area contributed by atoms with E-state index in [9.17, 15) is 10.2 Å². The molecule has 28 heavy (non-hydrogen) atoms. The topological polar surface area (TPSA) is 95.0 Å². The molecule has 0 saturated carbocycles. The summed E-state index contributed by atoms with van der Waals surface area (Å²) in [5.74, 6) is 1.03. The Bertz CT molecular complexity index is 1170.